The van der Waals surface area contributed by atoms with Gasteiger partial charge >= 0.3 is 0 Å². The highest BCUT2D eigenvalue weighted by Gasteiger charge is 2.24. The van der Waals surface area contributed by atoms with Crippen molar-refractivity contribution in [1.82, 2.24) is 10.2 Å². The lowest BCUT2D eigenvalue weighted by Crippen LogP contribution is -2.47. The van der Waals surface area contributed by atoms with Crippen LogP contribution in [-0.2, 0) is 0 Å². The number of hydrogen-bond acceptors (Lipinski definition) is 2. The van der Waals surface area contributed by atoms with Gasteiger partial charge in [0.25, 0.3) is 0 Å². The maximum absolute atomic E-state index is 3.88. The van der Waals surface area contributed by atoms with Gasteiger partial charge in [0.05, 0.1) is 0 Å². The second-order valence-electron chi connectivity index (χ2n) is 6.97. The highest BCUT2D eigenvalue weighted by Crippen LogP contribution is 2.27. The van der Waals surface area contributed by atoms with Gasteiger partial charge < -0.3 is 10.2 Å². The van der Waals surface area contributed by atoms with E-state index in [1.54, 1.807) is 0 Å². The van der Waals surface area contributed by atoms with E-state index in [2.05, 4.69) is 31.0 Å². The molecule has 1 unspecified atom stereocenters. The highest BCUT2D eigenvalue weighted by molar-refractivity contribution is 4.82. The van der Waals surface area contributed by atoms with Crippen molar-refractivity contribution in [2.75, 3.05) is 26.2 Å². The van der Waals surface area contributed by atoms with Gasteiger partial charge in [-0.2, -0.15) is 0 Å². The lowest BCUT2D eigenvalue weighted by Gasteiger charge is -2.35. The fourth-order valence-corrected chi connectivity index (χ4v) is 3.58. The molecule has 0 bridgehead atoms. The predicted molar refractivity (Wildman–Crippen MR) is 94.9 cm³/mol. The molecule has 0 aromatic carbocycles. The van der Waals surface area contributed by atoms with Crippen molar-refractivity contribution in [3.63, 3.8) is 0 Å². The topological polar surface area (TPSA) is 15.3 Å². The number of hydrogen-bond donors (Lipinski definition) is 1. The minimum atomic E-state index is 0.735. The van der Waals surface area contributed by atoms with Crippen LogP contribution in [0, 0.1) is 5.92 Å². The Morgan fingerprint density at radius 2 is 1.52 bits per heavy atom. The van der Waals surface area contributed by atoms with Gasteiger partial charge in [0, 0.05) is 12.6 Å². The van der Waals surface area contributed by atoms with Gasteiger partial charge in [-0.25, -0.2) is 0 Å². The largest absolute Gasteiger partial charge is 0.312 e. The lowest BCUT2D eigenvalue weighted by atomic mass is 9.83. The maximum Gasteiger partial charge on any atom is 0.0223 e. The number of nitrogens with zero attached hydrogens (tertiary/aromatic N) is 1. The smallest absolute Gasteiger partial charge is 0.0223 e. The van der Waals surface area contributed by atoms with Crippen LogP contribution in [-0.4, -0.2) is 37.1 Å². The third-order valence-corrected chi connectivity index (χ3v) is 4.99. The molecule has 0 spiro atoms. The van der Waals surface area contributed by atoms with Crippen molar-refractivity contribution >= 4 is 0 Å². The molecule has 0 saturated heterocycles. The van der Waals surface area contributed by atoms with Gasteiger partial charge in [0.1, 0.15) is 0 Å². The van der Waals surface area contributed by atoms with Crippen LogP contribution in [0.4, 0.5) is 0 Å². The Morgan fingerprint density at radius 1 is 0.905 bits per heavy atom. The second kappa shape index (κ2) is 12.5. The van der Waals surface area contributed by atoms with Crippen molar-refractivity contribution in [2.45, 2.75) is 91.0 Å². The molecule has 0 heterocycles. The third-order valence-electron chi connectivity index (χ3n) is 4.99. The third kappa shape index (κ3) is 8.21. The zero-order valence-corrected chi connectivity index (χ0v) is 15.0. The summed E-state index contributed by atoms with van der Waals surface area (Å²) in [6.45, 7) is 12.0. The average Bonchev–Trinajstić information content (AvgIpc) is 2.54. The molecule has 1 fully saturated rings. The van der Waals surface area contributed by atoms with Gasteiger partial charge in [-0.1, -0.05) is 52.9 Å². The first kappa shape index (κ1) is 19.0. The Morgan fingerprint density at radius 3 is 2.05 bits per heavy atom. The Balaban J connectivity index is 2.51. The van der Waals surface area contributed by atoms with E-state index in [1.165, 1.54) is 90.4 Å². The fourth-order valence-electron chi connectivity index (χ4n) is 3.58. The van der Waals surface area contributed by atoms with Crippen molar-refractivity contribution in [2.24, 2.45) is 5.92 Å². The molecule has 2 nitrogen and oxygen atoms in total. The molecule has 1 rings (SSSR count). The van der Waals surface area contributed by atoms with E-state index < -0.39 is 0 Å². The van der Waals surface area contributed by atoms with Gasteiger partial charge in [0.2, 0.25) is 0 Å². The normalized spacial score (nSPS) is 18.3. The molecule has 0 aliphatic heterocycles. The SMILES string of the molecule is CCCCN(CCCC)CC(NCCC)C1CCCCC1. The summed E-state index contributed by atoms with van der Waals surface area (Å²) < 4.78 is 0. The number of nitrogens with one attached hydrogen (secondary N) is 1. The van der Waals surface area contributed by atoms with Crippen LogP contribution in [0.5, 0.6) is 0 Å². The molecule has 1 atom stereocenters. The number of unbranched alkanes of at least 4 members (excludes halogenated alkanes) is 2. The first-order valence-electron chi connectivity index (χ1n) is 9.77. The summed E-state index contributed by atoms with van der Waals surface area (Å²) in [7, 11) is 0. The lowest BCUT2D eigenvalue weighted by molar-refractivity contribution is 0.179. The molecular formula is C19H40N2. The van der Waals surface area contributed by atoms with Gasteiger partial charge in [-0.15, -0.1) is 0 Å². The van der Waals surface area contributed by atoms with Crippen molar-refractivity contribution < 1.29 is 0 Å². The molecule has 1 aliphatic rings. The highest BCUT2D eigenvalue weighted by atomic mass is 15.1. The van der Waals surface area contributed by atoms with E-state index >= 15 is 0 Å². The van der Waals surface area contributed by atoms with Crippen molar-refractivity contribution in [3.05, 3.63) is 0 Å². The van der Waals surface area contributed by atoms with Crippen molar-refractivity contribution in [3.8, 4) is 0 Å². The monoisotopic (exact) mass is 296 g/mol. The minimum absolute atomic E-state index is 0.735. The molecule has 0 radical (unpaired) electrons. The van der Waals surface area contributed by atoms with Crippen LogP contribution in [0.1, 0.15) is 85.0 Å². The van der Waals surface area contributed by atoms with Gasteiger partial charge in [-0.05, 0) is 57.7 Å². The van der Waals surface area contributed by atoms with Gasteiger partial charge in [0.15, 0.2) is 0 Å². The molecule has 1 aliphatic carbocycles. The zero-order valence-electron chi connectivity index (χ0n) is 15.0. The summed E-state index contributed by atoms with van der Waals surface area (Å²) in [5, 5.41) is 3.88. The molecule has 1 saturated carbocycles. The summed E-state index contributed by atoms with van der Waals surface area (Å²) in [4.78, 5) is 2.74. The number of rotatable bonds is 12. The summed E-state index contributed by atoms with van der Waals surface area (Å²) in [5.74, 6) is 0.927. The van der Waals surface area contributed by atoms with Crippen LogP contribution in [0.15, 0.2) is 0 Å². The van der Waals surface area contributed by atoms with E-state index in [0.717, 1.165) is 12.0 Å². The predicted octanol–water partition coefficient (Wildman–Crippen LogP) is 4.84. The van der Waals surface area contributed by atoms with Gasteiger partial charge in [-0.3, -0.25) is 0 Å². The Hall–Kier alpha value is -0.0800. The summed E-state index contributed by atoms with van der Waals surface area (Å²) in [6.07, 6.45) is 13.9. The van der Waals surface area contributed by atoms with E-state index in [4.69, 9.17) is 0 Å². The van der Waals surface area contributed by atoms with E-state index in [-0.39, 0.29) is 0 Å². The molecule has 0 aromatic rings. The molecule has 2 heteroatoms. The second-order valence-corrected chi connectivity index (χ2v) is 6.97. The maximum atomic E-state index is 3.88. The Labute approximate surface area is 134 Å². The molecule has 0 aromatic heterocycles. The summed E-state index contributed by atoms with van der Waals surface area (Å²) in [6, 6.07) is 0.735. The van der Waals surface area contributed by atoms with Crippen LogP contribution in [0.3, 0.4) is 0 Å². The summed E-state index contributed by atoms with van der Waals surface area (Å²) >= 11 is 0. The van der Waals surface area contributed by atoms with Crippen LogP contribution in [0.25, 0.3) is 0 Å². The van der Waals surface area contributed by atoms with Crippen molar-refractivity contribution in [1.29, 1.82) is 0 Å². The molecular weight excluding hydrogens is 256 g/mol. The quantitative estimate of drug-likeness (QED) is 0.554. The first-order valence-corrected chi connectivity index (χ1v) is 9.77. The summed E-state index contributed by atoms with van der Waals surface area (Å²) in [5.41, 5.74) is 0. The van der Waals surface area contributed by atoms with E-state index in [9.17, 15) is 0 Å². The zero-order chi connectivity index (χ0) is 15.3. The van der Waals surface area contributed by atoms with Crippen LogP contribution >= 0.6 is 0 Å². The molecule has 21 heavy (non-hydrogen) atoms. The molecule has 126 valence electrons. The molecule has 0 amide bonds. The molecule has 1 N–H and O–H groups in total. The van der Waals surface area contributed by atoms with E-state index in [1.807, 2.05) is 0 Å². The van der Waals surface area contributed by atoms with Crippen LogP contribution in [0.2, 0.25) is 0 Å². The van der Waals surface area contributed by atoms with Crippen LogP contribution < -0.4 is 5.32 Å². The first-order chi connectivity index (χ1) is 10.3. The standard InChI is InChI=1S/C19H40N2/c1-4-7-15-21(16-8-5-2)17-19(20-14-6-3)18-12-10-9-11-13-18/h18-20H,4-17H2,1-3H3. The minimum Gasteiger partial charge on any atom is -0.312 e. The fraction of sp³-hybridized carbons (Fsp3) is 1.00. The Bertz CT molecular complexity index is 216. The average molecular weight is 297 g/mol. The Kier molecular flexibility index (Phi) is 11.3. The van der Waals surface area contributed by atoms with E-state index in [0.29, 0.717) is 0 Å².